The number of benzene rings is 2. The molecule has 0 aliphatic heterocycles. The third-order valence-corrected chi connectivity index (χ3v) is 3.72. The number of aryl methyl sites for hydroxylation is 1. The van der Waals surface area contributed by atoms with Crippen molar-refractivity contribution in [3.8, 4) is 23.7 Å². The van der Waals surface area contributed by atoms with Gasteiger partial charge in [0.2, 0.25) is 11.7 Å². The third kappa shape index (κ3) is 3.28. The van der Waals surface area contributed by atoms with E-state index >= 15 is 0 Å². The van der Waals surface area contributed by atoms with Crippen LogP contribution in [0.3, 0.4) is 0 Å². The molecule has 4 nitrogen and oxygen atoms in total. The van der Waals surface area contributed by atoms with Gasteiger partial charge in [0.1, 0.15) is 5.82 Å². The number of nitrogens with zero attached hydrogens (tertiary/aromatic N) is 3. The van der Waals surface area contributed by atoms with Gasteiger partial charge in [-0.05, 0) is 36.8 Å². The SMILES string of the molecule is C#Cc1cccc(N(C)Cc2nc(-c3ccc(C)c(F)c3)no2)c1. The zero-order chi connectivity index (χ0) is 17.1. The summed E-state index contributed by atoms with van der Waals surface area (Å²) in [7, 11) is 1.91. The van der Waals surface area contributed by atoms with Crippen LogP contribution in [0.15, 0.2) is 47.0 Å². The van der Waals surface area contributed by atoms with Crippen molar-refractivity contribution in [1.82, 2.24) is 10.1 Å². The quantitative estimate of drug-likeness (QED) is 0.686. The van der Waals surface area contributed by atoms with Crippen LogP contribution in [0.5, 0.6) is 0 Å². The van der Waals surface area contributed by atoms with Gasteiger partial charge in [-0.15, -0.1) is 6.42 Å². The summed E-state index contributed by atoms with van der Waals surface area (Å²) in [5.41, 5.74) is 2.92. The van der Waals surface area contributed by atoms with E-state index in [1.54, 1.807) is 19.1 Å². The Bertz CT molecular complexity index is 911. The van der Waals surface area contributed by atoms with Crippen LogP contribution in [-0.4, -0.2) is 17.2 Å². The molecule has 3 rings (SSSR count). The Balaban J connectivity index is 1.78. The highest BCUT2D eigenvalue weighted by molar-refractivity contribution is 5.55. The van der Waals surface area contributed by atoms with Crippen LogP contribution in [0.4, 0.5) is 10.1 Å². The zero-order valence-electron chi connectivity index (χ0n) is 13.5. The lowest BCUT2D eigenvalue weighted by Crippen LogP contribution is -2.16. The van der Waals surface area contributed by atoms with E-state index in [9.17, 15) is 4.39 Å². The highest BCUT2D eigenvalue weighted by atomic mass is 19.1. The van der Waals surface area contributed by atoms with Crippen molar-refractivity contribution in [1.29, 1.82) is 0 Å². The van der Waals surface area contributed by atoms with E-state index in [0.29, 0.717) is 29.4 Å². The molecule has 3 aromatic rings. The van der Waals surface area contributed by atoms with Crippen LogP contribution in [0.1, 0.15) is 17.0 Å². The predicted molar refractivity (Wildman–Crippen MR) is 90.9 cm³/mol. The molecule has 0 spiro atoms. The summed E-state index contributed by atoms with van der Waals surface area (Å²) >= 11 is 0. The molecule has 1 aromatic heterocycles. The first-order valence-electron chi connectivity index (χ1n) is 7.44. The zero-order valence-corrected chi connectivity index (χ0v) is 13.5. The topological polar surface area (TPSA) is 42.2 Å². The van der Waals surface area contributed by atoms with Crippen molar-refractivity contribution < 1.29 is 8.91 Å². The molecular weight excluding hydrogens is 305 g/mol. The van der Waals surface area contributed by atoms with Gasteiger partial charge >= 0.3 is 0 Å². The maximum Gasteiger partial charge on any atom is 0.246 e. The molecule has 2 aromatic carbocycles. The Morgan fingerprint density at radius 3 is 2.83 bits per heavy atom. The molecule has 1 heterocycles. The standard InChI is InChI=1S/C19H16FN3O/c1-4-14-6-5-7-16(10-14)23(3)12-18-21-19(22-24-18)15-9-8-13(2)17(20)11-15/h1,5-11H,12H2,2-3H3. The van der Waals surface area contributed by atoms with Crippen LogP contribution in [0.25, 0.3) is 11.4 Å². The van der Waals surface area contributed by atoms with Crippen LogP contribution in [-0.2, 0) is 6.54 Å². The second-order valence-electron chi connectivity index (χ2n) is 5.53. The summed E-state index contributed by atoms with van der Waals surface area (Å²) in [4.78, 5) is 6.29. The lowest BCUT2D eigenvalue weighted by atomic mass is 10.1. The van der Waals surface area contributed by atoms with Gasteiger partial charge in [-0.3, -0.25) is 0 Å². The number of hydrogen-bond acceptors (Lipinski definition) is 4. The molecule has 0 atom stereocenters. The smallest absolute Gasteiger partial charge is 0.246 e. The van der Waals surface area contributed by atoms with Gasteiger partial charge < -0.3 is 9.42 Å². The van der Waals surface area contributed by atoms with Crippen LogP contribution in [0, 0.1) is 25.1 Å². The summed E-state index contributed by atoms with van der Waals surface area (Å²) < 4.78 is 18.9. The molecule has 0 aliphatic rings. The first-order chi connectivity index (χ1) is 11.6. The monoisotopic (exact) mass is 321 g/mol. The second kappa shape index (κ2) is 6.55. The minimum atomic E-state index is -0.290. The molecule has 0 unspecified atom stereocenters. The van der Waals surface area contributed by atoms with Crippen molar-refractivity contribution in [2.45, 2.75) is 13.5 Å². The lowest BCUT2D eigenvalue weighted by Gasteiger charge is -2.16. The van der Waals surface area contributed by atoms with E-state index in [1.807, 2.05) is 36.2 Å². The van der Waals surface area contributed by atoms with Gasteiger partial charge in [-0.2, -0.15) is 4.98 Å². The molecule has 0 radical (unpaired) electrons. The predicted octanol–water partition coefficient (Wildman–Crippen LogP) is 3.80. The van der Waals surface area contributed by atoms with Crippen molar-refractivity contribution in [2.75, 3.05) is 11.9 Å². The average Bonchev–Trinajstić information content (AvgIpc) is 3.06. The Hall–Kier alpha value is -3.13. The number of terminal acetylenes is 1. The number of rotatable bonds is 4. The van der Waals surface area contributed by atoms with Crippen molar-refractivity contribution in [2.24, 2.45) is 0 Å². The average molecular weight is 321 g/mol. The first kappa shape index (κ1) is 15.8. The van der Waals surface area contributed by atoms with E-state index < -0.39 is 0 Å². The lowest BCUT2D eigenvalue weighted by molar-refractivity contribution is 0.378. The van der Waals surface area contributed by atoms with Crippen molar-refractivity contribution >= 4 is 5.69 Å². The number of anilines is 1. The minimum absolute atomic E-state index is 0.290. The highest BCUT2D eigenvalue weighted by Gasteiger charge is 2.12. The maximum absolute atomic E-state index is 13.7. The largest absolute Gasteiger partial charge is 0.365 e. The fraction of sp³-hybridized carbons (Fsp3) is 0.158. The number of aromatic nitrogens is 2. The normalized spacial score (nSPS) is 10.4. The first-order valence-corrected chi connectivity index (χ1v) is 7.44. The van der Waals surface area contributed by atoms with E-state index in [4.69, 9.17) is 10.9 Å². The Kier molecular flexibility index (Phi) is 4.30. The van der Waals surface area contributed by atoms with Crippen LogP contribution >= 0.6 is 0 Å². The van der Waals surface area contributed by atoms with E-state index in [0.717, 1.165) is 11.3 Å². The summed E-state index contributed by atoms with van der Waals surface area (Å²) in [6.07, 6.45) is 5.42. The minimum Gasteiger partial charge on any atom is -0.365 e. The molecule has 0 bridgehead atoms. The number of halogens is 1. The summed E-state index contributed by atoms with van der Waals surface area (Å²) in [6.45, 7) is 2.13. The molecular formula is C19H16FN3O. The fourth-order valence-corrected chi connectivity index (χ4v) is 2.30. The molecule has 0 amide bonds. The second-order valence-corrected chi connectivity index (χ2v) is 5.53. The van der Waals surface area contributed by atoms with E-state index in [1.165, 1.54) is 6.07 Å². The van der Waals surface area contributed by atoms with E-state index in [2.05, 4.69) is 16.1 Å². The Labute approximate surface area is 139 Å². The molecule has 5 heteroatoms. The van der Waals surface area contributed by atoms with Gasteiger partial charge in [0.05, 0.1) is 6.54 Å². The summed E-state index contributed by atoms with van der Waals surface area (Å²) in [5, 5.41) is 3.93. The summed E-state index contributed by atoms with van der Waals surface area (Å²) in [5.74, 6) is 3.13. The molecule has 0 saturated carbocycles. The molecule has 120 valence electrons. The maximum atomic E-state index is 13.7. The van der Waals surface area contributed by atoms with Crippen LogP contribution < -0.4 is 4.90 Å². The number of hydrogen-bond donors (Lipinski definition) is 0. The Morgan fingerprint density at radius 1 is 1.25 bits per heavy atom. The molecule has 0 aliphatic carbocycles. The molecule has 0 fully saturated rings. The van der Waals surface area contributed by atoms with Crippen molar-refractivity contribution in [3.05, 3.63) is 65.3 Å². The molecule has 24 heavy (non-hydrogen) atoms. The van der Waals surface area contributed by atoms with Crippen LogP contribution in [0.2, 0.25) is 0 Å². The molecule has 0 saturated heterocycles. The van der Waals surface area contributed by atoms with Crippen molar-refractivity contribution in [3.63, 3.8) is 0 Å². The molecule has 0 N–H and O–H groups in total. The van der Waals surface area contributed by atoms with Gasteiger partial charge in [-0.25, -0.2) is 4.39 Å². The summed E-state index contributed by atoms with van der Waals surface area (Å²) in [6, 6.07) is 12.5. The van der Waals surface area contributed by atoms with Gasteiger partial charge in [0.25, 0.3) is 0 Å². The third-order valence-electron chi connectivity index (χ3n) is 3.72. The Morgan fingerprint density at radius 2 is 2.08 bits per heavy atom. The van der Waals surface area contributed by atoms with Gasteiger partial charge in [0, 0.05) is 23.9 Å². The fourth-order valence-electron chi connectivity index (χ4n) is 2.30. The van der Waals surface area contributed by atoms with E-state index in [-0.39, 0.29) is 5.82 Å². The highest BCUT2D eigenvalue weighted by Crippen LogP contribution is 2.21. The van der Waals surface area contributed by atoms with Gasteiger partial charge in [-0.1, -0.05) is 29.3 Å². The van der Waals surface area contributed by atoms with Gasteiger partial charge in [0.15, 0.2) is 0 Å².